The molecule has 0 fully saturated rings. The quantitative estimate of drug-likeness (QED) is 0.858. The molecule has 2 unspecified atom stereocenters. The van der Waals surface area contributed by atoms with Gasteiger partial charge in [-0.05, 0) is 18.9 Å². The average Bonchev–Trinajstić information content (AvgIpc) is 2.86. The summed E-state index contributed by atoms with van der Waals surface area (Å²) in [4.78, 5) is 12.1. The van der Waals surface area contributed by atoms with E-state index in [0.29, 0.717) is 6.42 Å². The van der Waals surface area contributed by atoms with Gasteiger partial charge in [-0.2, -0.15) is 5.10 Å². The summed E-state index contributed by atoms with van der Waals surface area (Å²) in [5, 5.41) is 7.00. The molecule has 5 nitrogen and oxygen atoms in total. The lowest BCUT2D eigenvalue weighted by Gasteiger charge is -2.16. The summed E-state index contributed by atoms with van der Waals surface area (Å²) in [6.07, 6.45) is 4.16. The lowest BCUT2D eigenvalue weighted by Crippen LogP contribution is -2.42. The van der Waals surface area contributed by atoms with Crippen LogP contribution in [0.5, 0.6) is 0 Å². The molecule has 106 valence electrons. The number of hydrogen-bond donors (Lipinski definition) is 2. The fraction of sp³-hybridized carbons (Fsp3) is 0.333. The highest BCUT2D eigenvalue weighted by Gasteiger charge is 2.17. The van der Waals surface area contributed by atoms with E-state index < -0.39 is 6.04 Å². The molecule has 2 rings (SSSR count). The molecule has 1 amide bonds. The number of aryl methyl sites for hydroxylation is 1. The fourth-order valence-corrected chi connectivity index (χ4v) is 2.03. The lowest BCUT2D eigenvalue weighted by molar-refractivity contribution is -0.123. The van der Waals surface area contributed by atoms with E-state index in [1.165, 1.54) is 0 Å². The van der Waals surface area contributed by atoms with Gasteiger partial charge >= 0.3 is 0 Å². The number of nitrogens with two attached hydrogens (primary N) is 1. The maximum Gasteiger partial charge on any atom is 0.237 e. The van der Waals surface area contributed by atoms with Gasteiger partial charge in [-0.3, -0.25) is 9.48 Å². The first-order valence-electron chi connectivity index (χ1n) is 6.64. The molecule has 2 atom stereocenters. The van der Waals surface area contributed by atoms with E-state index in [0.717, 1.165) is 11.1 Å². The molecule has 1 aromatic heterocycles. The Bertz CT molecular complexity index is 564. The molecule has 2 aromatic rings. The van der Waals surface area contributed by atoms with Crippen molar-refractivity contribution in [3.8, 4) is 0 Å². The highest BCUT2D eigenvalue weighted by Crippen LogP contribution is 2.11. The molecule has 0 saturated heterocycles. The highest BCUT2D eigenvalue weighted by atomic mass is 16.2. The zero-order valence-corrected chi connectivity index (χ0v) is 11.8. The smallest absolute Gasteiger partial charge is 0.237 e. The monoisotopic (exact) mass is 272 g/mol. The normalized spacial score (nSPS) is 13.8. The molecule has 3 N–H and O–H groups in total. The van der Waals surface area contributed by atoms with Crippen molar-refractivity contribution in [3.63, 3.8) is 0 Å². The lowest BCUT2D eigenvalue weighted by atomic mass is 10.1. The minimum atomic E-state index is -0.545. The SMILES string of the molecule is CC(NC(=O)C(N)Cc1ccccc1)c1cnn(C)c1. The predicted octanol–water partition coefficient (Wildman–Crippen LogP) is 1.17. The van der Waals surface area contributed by atoms with Crippen LogP contribution in [0.4, 0.5) is 0 Å². The van der Waals surface area contributed by atoms with Gasteiger partial charge in [-0.15, -0.1) is 0 Å². The number of carbonyl (C=O) groups is 1. The molecule has 0 spiro atoms. The molecule has 5 heteroatoms. The van der Waals surface area contributed by atoms with Crippen LogP contribution in [0.25, 0.3) is 0 Å². The number of nitrogens with one attached hydrogen (secondary N) is 1. The number of nitrogens with zero attached hydrogens (tertiary/aromatic N) is 2. The fourth-order valence-electron chi connectivity index (χ4n) is 2.03. The van der Waals surface area contributed by atoms with E-state index in [-0.39, 0.29) is 11.9 Å². The van der Waals surface area contributed by atoms with Crippen LogP contribution in [0, 0.1) is 0 Å². The maximum atomic E-state index is 12.1. The van der Waals surface area contributed by atoms with E-state index in [2.05, 4.69) is 10.4 Å². The molecule has 0 aliphatic carbocycles. The van der Waals surface area contributed by atoms with Gasteiger partial charge in [0.1, 0.15) is 0 Å². The predicted molar refractivity (Wildman–Crippen MR) is 77.9 cm³/mol. The summed E-state index contributed by atoms with van der Waals surface area (Å²) in [7, 11) is 1.85. The summed E-state index contributed by atoms with van der Waals surface area (Å²) in [5.74, 6) is -0.148. The van der Waals surface area contributed by atoms with E-state index in [1.54, 1.807) is 10.9 Å². The molecule has 0 radical (unpaired) electrons. The van der Waals surface area contributed by atoms with E-state index in [9.17, 15) is 4.79 Å². The number of hydrogen-bond acceptors (Lipinski definition) is 3. The van der Waals surface area contributed by atoms with Crippen molar-refractivity contribution in [2.24, 2.45) is 12.8 Å². The van der Waals surface area contributed by atoms with Crippen molar-refractivity contribution >= 4 is 5.91 Å². The van der Waals surface area contributed by atoms with E-state index in [1.807, 2.05) is 50.5 Å². The van der Waals surface area contributed by atoms with Crippen LogP contribution < -0.4 is 11.1 Å². The number of amides is 1. The standard InChI is InChI=1S/C15H20N4O/c1-11(13-9-17-19(2)10-13)18-15(20)14(16)8-12-6-4-3-5-7-12/h3-7,9-11,14H,8,16H2,1-2H3,(H,18,20). The summed E-state index contributed by atoms with van der Waals surface area (Å²) in [6, 6.07) is 9.13. The number of aromatic nitrogens is 2. The van der Waals surface area contributed by atoms with Gasteiger partial charge in [0.2, 0.25) is 5.91 Å². The first-order chi connectivity index (χ1) is 9.56. The van der Waals surface area contributed by atoms with Crippen molar-refractivity contribution < 1.29 is 4.79 Å². The number of carbonyl (C=O) groups excluding carboxylic acids is 1. The van der Waals surface area contributed by atoms with Crippen LogP contribution in [0.3, 0.4) is 0 Å². The zero-order chi connectivity index (χ0) is 14.5. The molecule has 0 aliphatic heterocycles. The second-order valence-corrected chi connectivity index (χ2v) is 4.97. The molecule has 0 bridgehead atoms. The Morgan fingerprint density at radius 1 is 1.40 bits per heavy atom. The molecule has 20 heavy (non-hydrogen) atoms. The van der Waals surface area contributed by atoms with Gasteiger partial charge in [0.15, 0.2) is 0 Å². The number of rotatable bonds is 5. The summed E-state index contributed by atoms with van der Waals surface area (Å²) in [5.41, 5.74) is 7.97. The number of benzene rings is 1. The second-order valence-electron chi connectivity index (χ2n) is 4.97. The average molecular weight is 272 g/mol. The summed E-state index contributed by atoms with van der Waals surface area (Å²) >= 11 is 0. The third-order valence-electron chi connectivity index (χ3n) is 3.22. The molecule has 1 heterocycles. The van der Waals surface area contributed by atoms with Crippen LogP contribution in [-0.4, -0.2) is 21.7 Å². The van der Waals surface area contributed by atoms with Crippen LogP contribution >= 0.6 is 0 Å². The van der Waals surface area contributed by atoms with E-state index >= 15 is 0 Å². The van der Waals surface area contributed by atoms with Crippen molar-refractivity contribution in [1.29, 1.82) is 0 Å². The molecule has 0 saturated carbocycles. The highest BCUT2D eigenvalue weighted by molar-refractivity contribution is 5.82. The Morgan fingerprint density at radius 2 is 2.10 bits per heavy atom. The Morgan fingerprint density at radius 3 is 2.70 bits per heavy atom. The minimum Gasteiger partial charge on any atom is -0.348 e. The Kier molecular flexibility index (Phi) is 4.53. The molecule has 1 aromatic carbocycles. The van der Waals surface area contributed by atoms with Gasteiger partial charge in [0.25, 0.3) is 0 Å². The van der Waals surface area contributed by atoms with Gasteiger partial charge in [-0.1, -0.05) is 30.3 Å². The summed E-state index contributed by atoms with van der Waals surface area (Å²) < 4.78 is 1.71. The third kappa shape index (κ3) is 3.68. The van der Waals surface area contributed by atoms with Crippen LogP contribution in [0.15, 0.2) is 42.7 Å². The first kappa shape index (κ1) is 14.3. The molecular weight excluding hydrogens is 252 g/mol. The Hall–Kier alpha value is -2.14. The van der Waals surface area contributed by atoms with E-state index in [4.69, 9.17) is 5.73 Å². The zero-order valence-electron chi connectivity index (χ0n) is 11.8. The minimum absolute atomic E-state index is 0.0991. The molecular formula is C15H20N4O. The first-order valence-corrected chi connectivity index (χ1v) is 6.64. The third-order valence-corrected chi connectivity index (χ3v) is 3.22. The van der Waals surface area contributed by atoms with Crippen LogP contribution in [0.1, 0.15) is 24.1 Å². The Balaban J connectivity index is 1.91. The van der Waals surface area contributed by atoms with Gasteiger partial charge in [0, 0.05) is 18.8 Å². The topological polar surface area (TPSA) is 72.9 Å². The summed E-state index contributed by atoms with van der Waals surface area (Å²) in [6.45, 7) is 1.92. The second kappa shape index (κ2) is 6.34. The largest absolute Gasteiger partial charge is 0.348 e. The van der Waals surface area contributed by atoms with Crippen molar-refractivity contribution in [2.45, 2.75) is 25.4 Å². The van der Waals surface area contributed by atoms with Gasteiger partial charge < -0.3 is 11.1 Å². The van der Waals surface area contributed by atoms with Crippen molar-refractivity contribution in [3.05, 3.63) is 53.9 Å². The van der Waals surface area contributed by atoms with Gasteiger partial charge in [-0.25, -0.2) is 0 Å². The van der Waals surface area contributed by atoms with Crippen molar-refractivity contribution in [2.75, 3.05) is 0 Å². The van der Waals surface area contributed by atoms with Crippen LogP contribution in [-0.2, 0) is 18.3 Å². The van der Waals surface area contributed by atoms with Gasteiger partial charge in [0.05, 0.1) is 18.3 Å². The maximum absolute atomic E-state index is 12.1. The Labute approximate surface area is 118 Å². The van der Waals surface area contributed by atoms with Crippen LogP contribution in [0.2, 0.25) is 0 Å². The van der Waals surface area contributed by atoms with Crippen molar-refractivity contribution in [1.82, 2.24) is 15.1 Å². The molecule has 0 aliphatic rings.